The minimum atomic E-state index is -0.610. The predicted molar refractivity (Wildman–Crippen MR) is 96.4 cm³/mol. The van der Waals surface area contributed by atoms with Crippen LogP contribution in [0.5, 0.6) is 0 Å². The maximum absolute atomic E-state index is 14.6. The van der Waals surface area contributed by atoms with E-state index in [9.17, 15) is 9.18 Å². The Morgan fingerprint density at radius 2 is 2.21 bits per heavy atom. The van der Waals surface area contributed by atoms with Gasteiger partial charge in [0, 0.05) is 17.3 Å². The maximum atomic E-state index is 14.6. The molecule has 1 saturated heterocycles. The lowest BCUT2D eigenvalue weighted by molar-refractivity contribution is 0.0963. The van der Waals surface area contributed by atoms with E-state index in [1.54, 1.807) is 31.3 Å². The molecule has 0 spiro atoms. The number of cyclic esters (lactones) is 1. The topological polar surface area (TPSA) is 118 Å². The molecule has 3 aromatic rings. The van der Waals surface area contributed by atoms with E-state index in [2.05, 4.69) is 25.7 Å². The summed E-state index contributed by atoms with van der Waals surface area (Å²) in [6.07, 6.45) is 0.298. The zero-order valence-electron chi connectivity index (χ0n) is 14.8. The maximum Gasteiger partial charge on any atom is 0.414 e. The Morgan fingerprint density at radius 1 is 1.36 bits per heavy atom. The monoisotopic (exact) mass is 385 g/mol. The van der Waals surface area contributed by atoms with Gasteiger partial charge < -0.3 is 15.2 Å². The number of anilines is 3. The Labute approximate surface area is 158 Å². The number of tetrazole rings is 1. The van der Waals surface area contributed by atoms with Gasteiger partial charge in [0.05, 0.1) is 25.9 Å². The molecule has 0 unspecified atom stereocenters. The van der Waals surface area contributed by atoms with Crippen molar-refractivity contribution in [2.24, 2.45) is 7.05 Å². The highest BCUT2D eigenvalue weighted by atomic mass is 19.1. The van der Waals surface area contributed by atoms with Gasteiger partial charge in [0.25, 0.3) is 5.95 Å². The van der Waals surface area contributed by atoms with Gasteiger partial charge in [-0.05, 0) is 35.5 Å². The number of benzene rings is 1. The van der Waals surface area contributed by atoms with Crippen molar-refractivity contribution in [1.29, 1.82) is 0 Å². The lowest BCUT2D eigenvalue weighted by Gasteiger charge is -2.14. The highest BCUT2D eigenvalue weighted by Crippen LogP contribution is 2.29. The van der Waals surface area contributed by atoms with E-state index in [0.717, 1.165) is 0 Å². The molecule has 10 nitrogen and oxygen atoms in total. The van der Waals surface area contributed by atoms with E-state index in [4.69, 9.17) is 9.84 Å². The van der Waals surface area contributed by atoms with Gasteiger partial charge in [0.2, 0.25) is 0 Å². The molecule has 1 atom stereocenters. The third-order valence-corrected chi connectivity index (χ3v) is 4.16. The number of hydrogen-bond donors (Lipinski definition) is 2. The molecule has 0 aliphatic carbocycles. The van der Waals surface area contributed by atoms with Crippen LogP contribution in [0, 0.1) is 5.82 Å². The third-order valence-electron chi connectivity index (χ3n) is 4.16. The van der Waals surface area contributed by atoms with Crippen molar-refractivity contribution in [3.8, 4) is 11.1 Å². The first-order valence-electron chi connectivity index (χ1n) is 8.39. The second kappa shape index (κ2) is 7.19. The predicted octanol–water partition coefficient (Wildman–Crippen LogP) is 1.47. The minimum absolute atomic E-state index is 0.173. The molecule has 11 heteroatoms. The van der Waals surface area contributed by atoms with Crippen molar-refractivity contribution >= 4 is 23.5 Å². The van der Waals surface area contributed by atoms with Gasteiger partial charge in [0.1, 0.15) is 17.7 Å². The number of ether oxygens (including phenoxy) is 1. The Kier molecular flexibility index (Phi) is 4.57. The van der Waals surface area contributed by atoms with Gasteiger partial charge in [-0.15, -0.1) is 5.10 Å². The molecule has 1 aliphatic rings. The molecule has 1 aliphatic heterocycles. The Balaban J connectivity index is 1.52. The fourth-order valence-corrected chi connectivity index (χ4v) is 2.81. The van der Waals surface area contributed by atoms with Crippen LogP contribution in [0.4, 0.5) is 26.6 Å². The van der Waals surface area contributed by atoms with E-state index in [-0.39, 0.29) is 13.2 Å². The van der Waals surface area contributed by atoms with E-state index < -0.39 is 18.0 Å². The highest BCUT2D eigenvalue weighted by molar-refractivity contribution is 5.90. The molecule has 144 valence electrons. The largest absolute Gasteiger partial charge is 0.441 e. The number of carbonyl (C=O) groups excluding carboxylic acids is 1. The molecule has 1 amide bonds. The fraction of sp³-hybridized carbons (Fsp3) is 0.235. The number of aliphatic hydroxyl groups is 1. The van der Waals surface area contributed by atoms with E-state index in [1.807, 2.05) is 0 Å². The van der Waals surface area contributed by atoms with Crippen LogP contribution in [-0.4, -0.2) is 55.6 Å². The number of aliphatic hydroxyl groups excluding tert-OH is 1. The number of nitrogens with one attached hydrogen (secondary N) is 1. The molecule has 3 heterocycles. The van der Waals surface area contributed by atoms with Gasteiger partial charge in [-0.3, -0.25) is 4.90 Å². The number of rotatable bonds is 5. The van der Waals surface area contributed by atoms with Crippen molar-refractivity contribution < 1.29 is 19.0 Å². The van der Waals surface area contributed by atoms with Crippen LogP contribution in [0.3, 0.4) is 0 Å². The van der Waals surface area contributed by atoms with Crippen LogP contribution in [0.15, 0.2) is 36.5 Å². The Hall–Kier alpha value is -3.60. The summed E-state index contributed by atoms with van der Waals surface area (Å²) in [6, 6.07) is 7.82. The Bertz CT molecular complexity index is 1010. The summed E-state index contributed by atoms with van der Waals surface area (Å²) in [5.74, 6) is 0.288. The van der Waals surface area contributed by atoms with Crippen LogP contribution in [0.2, 0.25) is 0 Å². The lowest BCUT2D eigenvalue weighted by atomic mass is 10.1. The smallest absolute Gasteiger partial charge is 0.414 e. The van der Waals surface area contributed by atoms with Crippen molar-refractivity contribution in [1.82, 2.24) is 25.2 Å². The van der Waals surface area contributed by atoms with Crippen molar-refractivity contribution in [2.75, 3.05) is 23.4 Å². The van der Waals surface area contributed by atoms with E-state index >= 15 is 0 Å². The number of aromatic nitrogens is 5. The number of carbonyl (C=O) groups is 1. The number of amides is 1. The molecule has 28 heavy (non-hydrogen) atoms. The van der Waals surface area contributed by atoms with E-state index in [0.29, 0.717) is 28.6 Å². The summed E-state index contributed by atoms with van der Waals surface area (Å²) in [5, 5.41) is 23.5. The van der Waals surface area contributed by atoms with Crippen LogP contribution >= 0.6 is 0 Å². The molecular formula is C17H16FN7O3. The van der Waals surface area contributed by atoms with Crippen molar-refractivity contribution in [2.45, 2.75) is 6.10 Å². The molecular weight excluding hydrogens is 369 g/mol. The first-order valence-corrected chi connectivity index (χ1v) is 8.39. The van der Waals surface area contributed by atoms with Gasteiger partial charge in [0.15, 0.2) is 0 Å². The summed E-state index contributed by atoms with van der Waals surface area (Å²) in [4.78, 5) is 18.7. The minimum Gasteiger partial charge on any atom is -0.441 e. The molecule has 2 N–H and O–H groups in total. The molecule has 1 aromatic carbocycles. The third kappa shape index (κ3) is 3.47. The van der Waals surface area contributed by atoms with Gasteiger partial charge in [-0.2, -0.15) is 4.80 Å². The summed E-state index contributed by atoms with van der Waals surface area (Å²) in [7, 11) is 1.65. The molecule has 0 bridgehead atoms. The molecule has 4 rings (SSSR count). The highest BCUT2D eigenvalue weighted by Gasteiger charge is 2.32. The second-order valence-corrected chi connectivity index (χ2v) is 6.12. The van der Waals surface area contributed by atoms with E-state index in [1.165, 1.54) is 22.0 Å². The van der Waals surface area contributed by atoms with Crippen molar-refractivity contribution in [3.05, 3.63) is 42.3 Å². The van der Waals surface area contributed by atoms with Crippen LogP contribution in [0.1, 0.15) is 0 Å². The first-order chi connectivity index (χ1) is 13.5. The first kappa shape index (κ1) is 17.8. The zero-order valence-corrected chi connectivity index (χ0v) is 14.8. The lowest BCUT2D eigenvalue weighted by Crippen LogP contribution is -2.25. The van der Waals surface area contributed by atoms with Crippen LogP contribution in [0.25, 0.3) is 11.1 Å². The normalized spacial score (nSPS) is 16.3. The second-order valence-electron chi connectivity index (χ2n) is 6.12. The van der Waals surface area contributed by atoms with Gasteiger partial charge >= 0.3 is 6.09 Å². The van der Waals surface area contributed by atoms with Crippen LogP contribution < -0.4 is 10.2 Å². The Morgan fingerprint density at radius 3 is 2.82 bits per heavy atom. The summed E-state index contributed by atoms with van der Waals surface area (Å²) in [6.45, 7) is -0.106. The molecule has 1 fully saturated rings. The fourth-order valence-electron chi connectivity index (χ4n) is 2.81. The quantitative estimate of drug-likeness (QED) is 0.678. The number of pyridine rings is 1. The molecule has 0 radical (unpaired) electrons. The SMILES string of the molecule is Cn1nnc(Nc2ccc(-c3ccc(N4C[C@H](CO)OC4=O)cc3F)cn2)n1. The zero-order chi connectivity index (χ0) is 19.7. The average Bonchev–Trinajstić information content (AvgIpc) is 3.27. The number of aryl methyl sites for hydroxylation is 1. The van der Waals surface area contributed by atoms with Gasteiger partial charge in [-0.25, -0.2) is 14.2 Å². The summed E-state index contributed by atoms with van der Waals surface area (Å²) >= 11 is 0. The van der Waals surface area contributed by atoms with Crippen LogP contribution in [-0.2, 0) is 11.8 Å². The standard InChI is InChI=1S/C17H16FN7O3/c1-24-22-16(21-23-24)20-15-5-2-10(7-19-15)13-4-3-11(6-14(13)18)25-8-12(9-26)28-17(25)27/h2-7,12,26H,8-9H2,1H3,(H,19,20,22)/t12-/m1/s1. The van der Waals surface area contributed by atoms with Gasteiger partial charge in [-0.1, -0.05) is 5.10 Å². The number of hydrogen-bond acceptors (Lipinski definition) is 8. The molecule has 2 aromatic heterocycles. The summed E-state index contributed by atoms with van der Waals surface area (Å²) < 4.78 is 19.6. The average molecular weight is 385 g/mol. The number of halogens is 1. The summed E-state index contributed by atoms with van der Waals surface area (Å²) in [5.41, 5.74) is 1.27. The molecule has 0 saturated carbocycles. The van der Waals surface area contributed by atoms with Crippen molar-refractivity contribution in [3.63, 3.8) is 0 Å². The number of nitrogens with zero attached hydrogens (tertiary/aromatic N) is 6.